The maximum Gasteiger partial charge on any atom is 0.266 e. The number of nitrogens with zero attached hydrogens (tertiary/aromatic N) is 5. The molecule has 1 aromatic carbocycles. The molecule has 11 nitrogen and oxygen atoms in total. The van der Waals surface area contributed by atoms with Crippen LogP contribution in [0.4, 0.5) is 26.0 Å². The lowest BCUT2D eigenvalue weighted by Gasteiger charge is -2.35. The molecule has 1 saturated carbocycles. The summed E-state index contributed by atoms with van der Waals surface area (Å²) in [6, 6.07) is 8.51. The van der Waals surface area contributed by atoms with Gasteiger partial charge < -0.3 is 24.1 Å². The Labute approximate surface area is 242 Å². The number of piperidine rings is 2. The predicted octanol–water partition coefficient (Wildman–Crippen LogP) is 4.16. The van der Waals surface area contributed by atoms with Crippen LogP contribution in [0.2, 0.25) is 0 Å². The van der Waals surface area contributed by atoms with E-state index >= 15 is 0 Å². The zero-order valence-electron chi connectivity index (χ0n) is 23.4. The average Bonchev–Trinajstić information content (AvgIpc) is 3.53. The van der Waals surface area contributed by atoms with Gasteiger partial charge in [0.1, 0.15) is 5.69 Å². The van der Waals surface area contributed by atoms with Gasteiger partial charge in [-0.3, -0.25) is 4.72 Å². The smallest absolute Gasteiger partial charge is 0.266 e. The molecule has 0 atom stereocenters. The molecule has 0 radical (unpaired) electrons. The minimum absolute atomic E-state index is 0.143. The zero-order valence-corrected chi connectivity index (χ0v) is 24.2. The summed E-state index contributed by atoms with van der Waals surface area (Å²) in [7, 11) is -2.21. The number of alkyl halides is 2. The van der Waals surface area contributed by atoms with Crippen molar-refractivity contribution in [3.63, 3.8) is 0 Å². The molecule has 3 fully saturated rings. The first-order valence-electron chi connectivity index (χ1n) is 14.1. The van der Waals surface area contributed by atoms with Gasteiger partial charge in [-0.25, -0.2) is 22.2 Å². The van der Waals surface area contributed by atoms with E-state index in [1.54, 1.807) is 35.2 Å². The van der Waals surface area contributed by atoms with Gasteiger partial charge in [0, 0.05) is 39.0 Å². The lowest BCUT2D eigenvalue weighted by molar-refractivity contribution is -0.0222. The molecular weight excluding hydrogens is 570 g/mol. The van der Waals surface area contributed by atoms with Crippen LogP contribution in [0.1, 0.15) is 38.5 Å². The summed E-state index contributed by atoms with van der Waals surface area (Å²) in [4.78, 5) is 8.63. The second kappa shape index (κ2) is 11.0. The lowest BCUT2D eigenvalue weighted by Crippen LogP contribution is -2.40. The van der Waals surface area contributed by atoms with Crippen LogP contribution in [-0.4, -0.2) is 80.3 Å². The highest BCUT2D eigenvalue weighted by atomic mass is 32.2. The van der Waals surface area contributed by atoms with Crippen molar-refractivity contribution in [3.8, 4) is 28.8 Å². The van der Waals surface area contributed by atoms with E-state index in [1.807, 2.05) is 0 Å². The van der Waals surface area contributed by atoms with E-state index in [4.69, 9.17) is 14.3 Å². The molecule has 0 amide bonds. The number of hydrogen-bond donors (Lipinski definition) is 2. The number of pyridine rings is 1. The van der Waals surface area contributed by atoms with E-state index in [1.165, 1.54) is 20.0 Å². The van der Waals surface area contributed by atoms with Gasteiger partial charge in [-0.2, -0.15) is 0 Å². The van der Waals surface area contributed by atoms with Gasteiger partial charge in [0.25, 0.3) is 11.8 Å². The fourth-order valence-electron chi connectivity index (χ4n) is 5.71. The Hall–Kier alpha value is -3.52. The van der Waals surface area contributed by atoms with E-state index in [-0.39, 0.29) is 37.7 Å². The van der Waals surface area contributed by atoms with E-state index in [9.17, 15) is 17.2 Å². The molecule has 226 valence electrons. The van der Waals surface area contributed by atoms with Crippen LogP contribution in [0.15, 0.2) is 34.7 Å². The van der Waals surface area contributed by atoms with Gasteiger partial charge in [0.05, 0.1) is 36.4 Å². The summed E-state index contributed by atoms with van der Waals surface area (Å²) in [5.74, 6) is -1.79. The van der Waals surface area contributed by atoms with Crippen molar-refractivity contribution in [2.24, 2.45) is 5.41 Å². The van der Waals surface area contributed by atoms with Crippen molar-refractivity contribution in [3.05, 3.63) is 30.3 Å². The first-order chi connectivity index (χ1) is 20.1. The molecule has 1 aliphatic carbocycles. The number of sulfonamides is 1. The molecule has 2 N–H and O–H groups in total. The minimum Gasteiger partial charge on any atom is -0.493 e. The Morgan fingerprint density at radius 1 is 0.976 bits per heavy atom. The molecule has 4 heterocycles. The second-order valence-corrected chi connectivity index (χ2v) is 13.2. The summed E-state index contributed by atoms with van der Waals surface area (Å²) < 4.78 is 66.3. The van der Waals surface area contributed by atoms with Gasteiger partial charge >= 0.3 is 0 Å². The molecule has 14 heteroatoms. The maximum atomic E-state index is 13.8. The van der Waals surface area contributed by atoms with Crippen LogP contribution in [-0.2, 0) is 10.0 Å². The van der Waals surface area contributed by atoms with Crippen LogP contribution < -0.4 is 19.3 Å². The number of nitrogens with one attached hydrogen (secondary N) is 1. The number of aliphatic hydroxyl groups is 1. The quantitative estimate of drug-likeness (QED) is 0.367. The molecular formula is C28H34F2N6O5S. The van der Waals surface area contributed by atoms with E-state index in [2.05, 4.69) is 24.8 Å². The molecule has 6 rings (SSSR count). The number of hydrogen-bond acceptors (Lipinski definition) is 10. The highest BCUT2D eigenvalue weighted by Gasteiger charge is 2.44. The first-order valence-corrected chi connectivity index (χ1v) is 15.8. The topological polar surface area (TPSA) is 134 Å². The lowest BCUT2D eigenvalue weighted by atomic mass is 9.93. The fourth-order valence-corrected chi connectivity index (χ4v) is 6.54. The van der Waals surface area contributed by atoms with Gasteiger partial charge in [0.15, 0.2) is 11.6 Å². The van der Waals surface area contributed by atoms with Crippen molar-refractivity contribution in [2.45, 2.75) is 44.4 Å². The van der Waals surface area contributed by atoms with Crippen molar-refractivity contribution < 1.29 is 31.5 Å². The Balaban J connectivity index is 1.31. The van der Waals surface area contributed by atoms with Crippen molar-refractivity contribution in [2.75, 3.05) is 60.2 Å². The first kappa shape index (κ1) is 28.6. The average molecular weight is 605 g/mol. The Morgan fingerprint density at radius 3 is 2.33 bits per heavy atom. The van der Waals surface area contributed by atoms with E-state index < -0.39 is 28.3 Å². The number of aromatic nitrogens is 3. The van der Waals surface area contributed by atoms with Crippen LogP contribution in [0.25, 0.3) is 23.0 Å². The molecule has 1 spiro atoms. The Kier molecular flexibility index (Phi) is 7.46. The second-order valence-electron chi connectivity index (χ2n) is 11.3. The highest BCUT2D eigenvalue weighted by molar-refractivity contribution is 7.92. The third kappa shape index (κ3) is 6.00. The van der Waals surface area contributed by atoms with Crippen LogP contribution in [0, 0.1) is 5.41 Å². The number of aliphatic hydroxyl groups excluding tert-OH is 1. The van der Waals surface area contributed by atoms with Gasteiger partial charge in [0.2, 0.25) is 15.9 Å². The number of benzene rings is 1. The number of methoxy groups -OCH3 is 1. The third-order valence-electron chi connectivity index (χ3n) is 8.48. The maximum absolute atomic E-state index is 13.8. The number of rotatable bonds is 9. The molecule has 3 aromatic rings. The normalized spacial score (nSPS) is 19.6. The monoisotopic (exact) mass is 604 g/mol. The standard InChI is InChI=1S/C28H34F2N6O5S/c1-40-23-5-4-21(31-24(23)36-14-10-28(29,30)11-15-36)26-33-32-25(41-26)20-3-2-19(34-42(38,39)17-16-37)18-22(20)35-12-8-27(6-7-27)9-13-35/h2-5,18,34,37H,6-17H2,1H3. The van der Waals surface area contributed by atoms with Crippen LogP contribution in [0.5, 0.6) is 5.75 Å². The Morgan fingerprint density at radius 2 is 1.67 bits per heavy atom. The minimum atomic E-state index is -3.71. The molecule has 42 heavy (non-hydrogen) atoms. The third-order valence-corrected chi connectivity index (χ3v) is 9.75. The molecule has 0 unspecified atom stereocenters. The summed E-state index contributed by atoms with van der Waals surface area (Å²) in [6.45, 7) is 1.44. The molecule has 0 bridgehead atoms. The van der Waals surface area contributed by atoms with E-state index in [0.29, 0.717) is 33.9 Å². The Bertz CT molecular complexity index is 1540. The molecule has 2 saturated heterocycles. The predicted molar refractivity (Wildman–Crippen MR) is 154 cm³/mol. The van der Waals surface area contributed by atoms with Crippen molar-refractivity contribution >= 4 is 27.2 Å². The van der Waals surface area contributed by atoms with Gasteiger partial charge in [-0.15, -0.1) is 10.2 Å². The number of ether oxygens (including phenoxy) is 1. The van der Waals surface area contributed by atoms with Crippen molar-refractivity contribution in [1.82, 2.24) is 15.2 Å². The summed E-state index contributed by atoms with van der Waals surface area (Å²) >= 11 is 0. The van der Waals surface area contributed by atoms with Gasteiger partial charge in [-0.05, 0) is 61.4 Å². The highest BCUT2D eigenvalue weighted by Crippen LogP contribution is 2.54. The number of anilines is 3. The molecule has 3 aliphatic rings. The fraction of sp³-hybridized carbons (Fsp3) is 0.536. The number of halogens is 2. The molecule has 2 aromatic heterocycles. The van der Waals surface area contributed by atoms with Gasteiger partial charge in [-0.1, -0.05) is 0 Å². The SMILES string of the molecule is COc1ccc(-c2nnc(-c3ccc(NS(=O)(=O)CCO)cc3N3CCC4(CC3)CC4)o2)nc1N1CCC(F)(F)CC1. The molecule has 2 aliphatic heterocycles. The van der Waals surface area contributed by atoms with Crippen LogP contribution in [0.3, 0.4) is 0 Å². The summed E-state index contributed by atoms with van der Waals surface area (Å²) in [6.07, 6.45) is 4.08. The van der Waals surface area contributed by atoms with Crippen LogP contribution >= 0.6 is 0 Å². The summed E-state index contributed by atoms with van der Waals surface area (Å²) in [5, 5.41) is 17.7. The zero-order chi connectivity index (χ0) is 29.5. The van der Waals surface area contributed by atoms with E-state index in [0.717, 1.165) is 31.6 Å². The summed E-state index contributed by atoms with van der Waals surface area (Å²) in [5.41, 5.74) is 2.62. The largest absolute Gasteiger partial charge is 0.493 e. The van der Waals surface area contributed by atoms with Crippen molar-refractivity contribution in [1.29, 1.82) is 0 Å².